The molecule has 2 unspecified atom stereocenters. The van der Waals surface area contributed by atoms with Crippen molar-refractivity contribution in [1.82, 2.24) is 14.5 Å². The number of aromatic hydroxyl groups is 1. The summed E-state index contributed by atoms with van der Waals surface area (Å²) in [5, 5.41) is 13.3. The second kappa shape index (κ2) is 11.7. The highest BCUT2D eigenvalue weighted by Crippen LogP contribution is 2.35. The van der Waals surface area contributed by atoms with Gasteiger partial charge in [-0.3, -0.25) is 23.7 Å². The van der Waals surface area contributed by atoms with Crippen LogP contribution < -0.4 is 16.6 Å². The highest BCUT2D eigenvalue weighted by atomic mass is 16.7. The minimum Gasteiger partial charge on any atom is -0.494 e. The Balaban J connectivity index is 2.11. The normalized spacial score (nSPS) is 24.5. The average molecular weight is 501 g/mol. The Morgan fingerprint density at radius 3 is 2.42 bits per heavy atom. The van der Waals surface area contributed by atoms with Crippen LogP contribution >= 0.6 is 0 Å². The number of hydrogen-bond acceptors (Lipinski definition) is 7. The first-order valence-electron chi connectivity index (χ1n) is 12.2. The van der Waals surface area contributed by atoms with Crippen LogP contribution in [-0.4, -0.2) is 51.3 Å². The molecule has 2 heterocycles. The Morgan fingerprint density at radius 1 is 1.14 bits per heavy atom. The summed E-state index contributed by atoms with van der Waals surface area (Å²) in [4.78, 5) is 42.6. The zero-order chi connectivity index (χ0) is 26.6. The van der Waals surface area contributed by atoms with Crippen LogP contribution in [-0.2, 0) is 35.0 Å². The van der Waals surface area contributed by atoms with E-state index in [9.17, 15) is 19.5 Å². The fourth-order valence-electron chi connectivity index (χ4n) is 4.52. The van der Waals surface area contributed by atoms with E-state index in [-0.39, 0.29) is 35.6 Å². The van der Waals surface area contributed by atoms with Gasteiger partial charge in [-0.15, -0.1) is 0 Å². The van der Waals surface area contributed by atoms with Crippen LogP contribution in [0.15, 0.2) is 44.9 Å². The molecule has 0 spiro atoms. The third-order valence-corrected chi connectivity index (χ3v) is 7.04. The number of nitrogens with one attached hydrogen (secondary N) is 1. The molecule has 0 saturated carbocycles. The minimum atomic E-state index is -0.737. The third-order valence-electron chi connectivity index (χ3n) is 7.04. The molecule has 1 saturated heterocycles. The second-order valence-electron chi connectivity index (χ2n) is 9.29. The van der Waals surface area contributed by atoms with Crippen LogP contribution in [0, 0.1) is 11.8 Å². The van der Waals surface area contributed by atoms with Gasteiger partial charge in [0.2, 0.25) is 11.8 Å². The zero-order valence-electron chi connectivity index (χ0n) is 21.7. The van der Waals surface area contributed by atoms with Gasteiger partial charge in [-0.2, -0.15) is 0 Å². The van der Waals surface area contributed by atoms with Gasteiger partial charge in [0.25, 0.3) is 5.56 Å². The van der Waals surface area contributed by atoms with E-state index in [0.29, 0.717) is 6.61 Å². The number of aliphatic imine (C=N–C) groups is 1. The lowest BCUT2D eigenvalue weighted by atomic mass is 9.81. The highest BCUT2D eigenvalue weighted by molar-refractivity contribution is 6.11. The van der Waals surface area contributed by atoms with E-state index >= 15 is 0 Å². The first kappa shape index (κ1) is 27.3. The van der Waals surface area contributed by atoms with E-state index < -0.39 is 35.4 Å². The predicted octanol–water partition coefficient (Wildman–Crippen LogP) is 1.71. The smallest absolute Gasteiger partial charge is 0.333 e. The third kappa shape index (κ3) is 5.60. The number of carbonyl (C=O) groups is 1. The van der Waals surface area contributed by atoms with Crippen LogP contribution in [0.2, 0.25) is 0 Å². The van der Waals surface area contributed by atoms with Gasteiger partial charge in [0.15, 0.2) is 6.29 Å². The summed E-state index contributed by atoms with van der Waals surface area (Å²) in [6.45, 7) is 6.47. The molecule has 1 aliphatic rings. The van der Waals surface area contributed by atoms with Gasteiger partial charge in [0.05, 0.1) is 24.8 Å². The first-order valence-corrected chi connectivity index (χ1v) is 12.2. The van der Waals surface area contributed by atoms with E-state index in [2.05, 4.69) is 19.2 Å². The van der Waals surface area contributed by atoms with Crippen molar-refractivity contribution in [2.24, 2.45) is 30.9 Å². The van der Waals surface area contributed by atoms with Crippen LogP contribution in [0.3, 0.4) is 0 Å². The van der Waals surface area contributed by atoms with Gasteiger partial charge in [0, 0.05) is 21.1 Å². The van der Waals surface area contributed by atoms with Crippen molar-refractivity contribution in [3.63, 3.8) is 0 Å². The largest absolute Gasteiger partial charge is 0.494 e. The number of aromatic nitrogens is 2. The van der Waals surface area contributed by atoms with E-state index in [0.717, 1.165) is 21.1 Å². The minimum absolute atomic E-state index is 0.0253. The molecular weight excluding hydrogens is 464 g/mol. The molecule has 0 radical (unpaired) electrons. The van der Waals surface area contributed by atoms with Crippen molar-refractivity contribution in [1.29, 1.82) is 0 Å². The lowest BCUT2D eigenvalue weighted by Gasteiger charge is -2.43. The van der Waals surface area contributed by atoms with Crippen molar-refractivity contribution < 1.29 is 19.4 Å². The molecule has 10 nitrogen and oxygen atoms in total. The van der Waals surface area contributed by atoms with E-state index in [1.54, 1.807) is 0 Å². The molecule has 1 aliphatic heterocycles. The lowest BCUT2D eigenvalue weighted by Crippen LogP contribution is -2.50. The van der Waals surface area contributed by atoms with Gasteiger partial charge in [-0.1, -0.05) is 51.1 Å². The van der Waals surface area contributed by atoms with Gasteiger partial charge >= 0.3 is 5.69 Å². The Bertz CT molecular complexity index is 1220. The van der Waals surface area contributed by atoms with Crippen molar-refractivity contribution in [3.8, 4) is 5.88 Å². The van der Waals surface area contributed by atoms with E-state index in [4.69, 9.17) is 14.5 Å². The maximum Gasteiger partial charge on any atom is 0.333 e. The summed E-state index contributed by atoms with van der Waals surface area (Å²) in [5.74, 6) is -0.841. The second-order valence-corrected chi connectivity index (χ2v) is 9.29. The molecule has 1 fully saturated rings. The number of ether oxygens (including phenoxy) is 2. The molecule has 5 atom stereocenters. The Hall–Kier alpha value is -3.24. The van der Waals surface area contributed by atoms with Crippen LogP contribution in [0.5, 0.6) is 5.88 Å². The Morgan fingerprint density at radius 2 is 1.81 bits per heavy atom. The van der Waals surface area contributed by atoms with E-state index in [1.807, 2.05) is 37.3 Å². The maximum absolute atomic E-state index is 13.1. The summed E-state index contributed by atoms with van der Waals surface area (Å²) in [6, 6.07) is 9.12. The summed E-state index contributed by atoms with van der Waals surface area (Å²) >= 11 is 0. The molecule has 10 heteroatoms. The summed E-state index contributed by atoms with van der Waals surface area (Å²) < 4.78 is 14.4. The molecule has 1 aromatic heterocycles. The molecule has 2 aromatic rings. The van der Waals surface area contributed by atoms with Crippen molar-refractivity contribution in [2.45, 2.75) is 58.7 Å². The zero-order valence-corrected chi connectivity index (χ0v) is 21.7. The molecule has 1 amide bonds. The van der Waals surface area contributed by atoms with E-state index in [1.165, 1.54) is 21.1 Å². The summed E-state index contributed by atoms with van der Waals surface area (Å²) in [5.41, 5.74) is -0.568. The summed E-state index contributed by atoms with van der Waals surface area (Å²) in [6.07, 6.45) is -0.258. The fraction of sp³-hybridized carbons (Fsp3) is 0.538. The predicted molar refractivity (Wildman–Crippen MR) is 136 cm³/mol. The molecule has 0 bridgehead atoms. The van der Waals surface area contributed by atoms with Gasteiger partial charge in [-0.05, 0) is 23.8 Å². The number of carbonyl (C=O) groups excluding carboxylic acids is 1. The van der Waals surface area contributed by atoms with Gasteiger partial charge in [0.1, 0.15) is 11.6 Å². The number of nitrogens with zero attached hydrogens (tertiary/aromatic N) is 3. The molecule has 36 heavy (non-hydrogen) atoms. The SMILES string of the molecule is CCC1O[C@H](OCc2ccccc2)C(N=C(CC(=O)NC)c2c(O)n(C)c(=O)n(C)c2=O)[C@@H](C)[C@@H]1C. The first-order chi connectivity index (χ1) is 17.1. The lowest BCUT2D eigenvalue weighted by molar-refractivity contribution is -0.234. The quantitative estimate of drug-likeness (QED) is 0.532. The highest BCUT2D eigenvalue weighted by Gasteiger charge is 2.42. The van der Waals surface area contributed by atoms with Gasteiger partial charge in [-0.25, -0.2) is 4.79 Å². The number of amides is 1. The fourth-order valence-corrected chi connectivity index (χ4v) is 4.52. The van der Waals surface area contributed by atoms with Crippen LogP contribution in [0.4, 0.5) is 0 Å². The van der Waals surface area contributed by atoms with Crippen LogP contribution in [0.1, 0.15) is 44.7 Å². The molecule has 3 rings (SSSR count). The van der Waals surface area contributed by atoms with Crippen molar-refractivity contribution in [3.05, 3.63) is 62.3 Å². The number of rotatable bonds is 8. The Kier molecular flexibility index (Phi) is 8.86. The molecule has 196 valence electrons. The van der Waals surface area contributed by atoms with Crippen molar-refractivity contribution in [2.75, 3.05) is 7.05 Å². The van der Waals surface area contributed by atoms with Crippen molar-refractivity contribution >= 4 is 11.6 Å². The molecule has 0 aliphatic carbocycles. The molecular formula is C26H36N4O6. The van der Waals surface area contributed by atoms with Gasteiger partial charge < -0.3 is 19.9 Å². The molecule has 1 aromatic carbocycles. The average Bonchev–Trinajstić information content (AvgIpc) is 2.88. The Labute approximate surface area is 210 Å². The summed E-state index contributed by atoms with van der Waals surface area (Å²) in [7, 11) is 4.14. The number of benzene rings is 1. The standard InChI is InChI=1S/C26H36N4O6/c1-7-19-15(2)16(3)22(25(36-19)35-14-17-11-9-8-10-12-17)28-18(13-20(31)27-4)21-23(32)29(5)26(34)30(6)24(21)33/h8-12,15-16,19,22,25,32H,7,13-14H2,1-6H3,(H,27,31)/t15-,16-,19?,22?,25-/m0/s1. The number of hydrogen-bond donors (Lipinski definition) is 2. The monoisotopic (exact) mass is 500 g/mol. The molecule has 2 N–H and O–H groups in total. The maximum atomic E-state index is 13.1. The van der Waals surface area contributed by atoms with Crippen LogP contribution in [0.25, 0.3) is 0 Å². The topological polar surface area (TPSA) is 124 Å².